The van der Waals surface area contributed by atoms with Crippen molar-refractivity contribution in [1.82, 2.24) is 5.32 Å². The van der Waals surface area contributed by atoms with Crippen molar-refractivity contribution in [3.8, 4) is 11.5 Å². The minimum Gasteiger partial charge on any atom is -0.508 e. The summed E-state index contributed by atoms with van der Waals surface area (Å²) in [7, 11) is 0. The number of ether oxygens (including phenoxy) is 1. The van der Waals surface area contributed by atoms with Gasteiger partial charge >= 0.3 is 0 Å². The zero-order chi connectivity index (χ0) is 14.8. The van der Waals surface area contributed by atoms with E-state index < -0.39 is 0 Å². The Morgan fingerprint density at radius 1 is 1.33 bits per heavy atom. The molecule has 1 heterocycles. The van der Waals surface area contributed by atoms with Gasteiger partial charge in [-0.1, -0.05) is 30.7 Å². The predicted molar refractivity (Wildman–Crippen MR) is 84.0 cm³/mol. The SMILES string of the molecule is CCC(NC1COc2cc(O)ccc21)c1cccc(Cl)c1. The molecule has 0 radical (unpaired) electrons. The van der Waals surface area contributed by atoms with E-state index in [1.807, 2.05) is 24.3 Å². The van der Waals surface area contributed by atoms with Crippen LogP contribution in [0.1, 0.15) is 36.6 Å². The van der Waals surface area contributed by atoms with Crippen LogP contribution in [0, 0.1) is 0 Å². The number of benzene rings is 2. The molecule has 2 aromatic carbocycles. The van der Waals surface area contributed by atoms with Crippen LogP contribution < -0.4 is 10.1 Å². The van der Waals surface area contributed by atoms with E-state index in [4.69, 9.17) is 16.3 Å². The molecule has 0 spiro atoms. The number of fused-ring (bicyclic) bond motifs is 1. The molecule has 0 fully saturated rings. The first-order valence-corrected chi connectivity index (χ1v) is 7.52. The van der Waals surface area contributed by atoms with Crippen molar-refractivity contribution in [1.29, 1.82) is 0 Å². The molecule has 4 heteroatoms. The molecule has 1 aliphatic rings. The van der Waals surface area contributed by atoms with Gasteiger partial charge in [0.25, 0.3) is 0 Å². The van der Waals surface area contributed by atoms with E-state index in [1.54, 1.807) is 12.1 Å². The Hall–Kier alpha value is -1.71. The monoisotopic (exact) mass is 303 g/mol. The molecule has 0 bridgehead atoms. The van der Waals surface area contributed by atoms with Gasteiger partial charge in [0, 0.05) is 22.7 Å². The lowest BCUT2D eigenvalue weighted by molar-refractivity contribution is 0.295. The van der Waals surface area contributed by atoms with Crippen LogP contribution in [-0.2, 0) is 0 Å². The van der Waals surface area contributed by atoms with E-state index in [1.165, 1.54) is 5.56 Å². The van der Waals surface area contributed by atoms with Crippen molar-refractivity contribution in [2.45, 2.75) is 25.4 Å². The van der Waals surface area contributed by atoms with Crippen LogP contribution in [0.5, 0.6) is 11.5 Å². The molecule has 0 saturated carbocycles. The quantitative estimate of drug-likeness (QED) is 0.888. The fraction of sp³-hybridized carbons (Fsp3) is 0.294. The average Bonchev–Trinajstić information content (AvgIpc) is 2.86. The number of hydrogen-bond donors (Lipinski definition) is 2. The highest BCUT2D eigenvalue weighted by Gasteiger charge is 2.26. The maximum Gasteiger partial charge on any atom is 0.127 e. The van der Waals surface area contributed by atoms with Gasteiger partial charge in [0.1, 0.15) is 18.1 Å². The molecule has 2 aromatic rings. The van der Waals surface area contributed by atoms with Gasteiger partial charge in [0.05, 0.1) is 6.04 Å². The van der Waals surface area contributed by atoms with Crippen molar-refractivity contribution < 1.29 is 9.84 Å². The van der Waals surface area contributed by atoms with Gasteiger partial charge in [-0.3, -0.25) is 0 Å². The summed E-state index contributed by atoms with van der Waals surface area (Å²) in [6.45, 7) is 2.72. The second-order valence-electron chi connectivity index (χ2n) is 5.27. The van der Waals surface area contributed by atoms with Gasteiger partial charge in [-0.25, -0.2) is 0 Å². The Kier molecular flexibility index (Phi) is 4.04. The third kappa shape index (κ3) is 2.99. The van der Waals surface area contributed by atoms with Crippen molar-refractivity contribution in [2.24, 2.45) is 0 Å². The van der Waals surface area contributed by atoms with Gasteiger partial charge in [0.15, 0.2) is 0 Å². The number of rotatable bonds is 4. The van der Waals surface area contributed by atoms with Crippen LogP contribution in [0.2, 0.25) is 5.02 Å². The maximum atomic E-state index is 9.50. The minimum atomic E-state index is 0.129. The molecular formula is C17H18ClNO2. The Labute approximate surface area is 129 Å². The number of halogens is 1. The van der Waals surface area contributed by atoms with Gasteiger partial charge in [-0.05, 0) is 36.2 Å². The molecule has 0 aromatic heterocycles. The van der Waals surface area contributed by atoms with Crippen LogP contribution in [0.3, 0.4) is 0 Å². The van der Waals surface area contributed by atoms with E-state index in [0.717, 1.165) is 22.8 Å². The molecule has 110 valence electrons. The molecule has 3 rings (SSSR count). The number of hydrogen-bond acceptors (Lipinski definition) is 3. The molecule has 1 aliphatic heterocycles. The number of phenols is 1. The smallest absolute Gasteiger partial charge is 0.127 e. The maximum absolute atomic E-state index is 9.50. The Bertz CT molecular complexity index is 644. The van der Waals surface area contributed by atoms with Gasteiger partial charge in [-0.2, -0.15) is 0 Å². The summed E-state index contributed by atoms with van der Waals surface area (Å²) in [5.41, 5.74) is 2.27. The van der Waals surface area contributed by atoms with E-state index in [-0.39, 0.29) is 17.8 Å². The fourth-order valence-corrected chi connectivity index (χ4v) is 2.95. The third-order valence-corrected chi connectivity index (χ3v) is 4.07. The first-order valence-electron chi connectivity index (χ1n) is 7.14. The second-order valence-corrected chi connectivity index (χ2v) is 5.70. The topological polar surface area (TPSA) is 41.5 Å². The molecule has 2 N–H and O–H groups in total. The molecule has 0 amide bonds. The lowest BCUT2D eigenvalue weighted by Gasteiger charge is -2.22. The molecule has 3 nitrogen and oxygen atoms in total. The average molecular weight is 304 g/mol. The van der Waals surface area contributed by atoms with E-state index in [9.17, 15) is 5.11 Å². The summed E-state index contributed by atoms with van der Waals surface area (Å²) in [4.78, 5) is 0. The normalized spacial score (nSPS) is 18.1. The predicted octanol–water partition coefficient (Wildman–Crippen LogP) is 4.22. The molecule has 2 atom stereocenters. The number of aromatic hydroxyl groups is 1. The lowest BCUT2D eigenvalue weighted by Crippen LogP contribution is -2.27. The van der Waals surface area contributed by atoms with Crippen molar-refractivity contribution in [3.63, 3.8) is 0 Å². The van der Waals surface area contributed by atoms with Crippen molar-refractivity contribution in [2.75, 3.05) is 6.61 Å². The summed E-state index contributed by atoms with van der Waals surface area (Å²) < 4.78 is 5.65. The van der Waals surface area contributed by atoms with Crippen molar-refractivity contribution in [3.05, 3.63) is 58.6 Å². The first kappa shape index (κ1) is 14.2. The summed E-state index contributed by atoms with van der Waals surface area (Å²) >= 11 is 6.08. The highest BCUT2D eigenvalue weighted by Crippen LogP contribution is 2.36. The largest absolute Gasteiger partial charge is 0.508 e. The van der Waals surface area contributed by atoms with Crippen LogP contribution in [-0.4, -0.2) is 11.7 Å². The van der Waals surface area contributed by atoms with Crippen LogP contribution in [0.15, 0.2) is 42.5 Å². The number of phenolic OH excluding ortho intramolecular Hbond substituents is 1. The third-order valence-electron chi connectivity index (χ3n) is 3.84. The summed E-state index contributed by atoms with van der Waals surface area (Å²) in [6.07, 6.45) is 0.963. The van der Waals surface area contributed by atoms with Gasteiger partial charge in [0.2, 0.25) is 0 Å². The summed E-state index contributed by atoms with van der Waals surface area (Å²) in [6, 6.07) is 13.6. The molecule has 0 saturated heterocycles. The molecular weight excluding hydrogens is 286 g/mol. The first-order chi connectivity index (χ1) is 10.2. The van der Waals surface area contributed by atoms with Crippen LogP contribution in [0.4, 0.5) is 0 Å². The van der Waals surface area contributed by atoms with Gasteiger partial charge < -0.3 is 15.2 Å². The minimum absolute atomic E-state index is 0.129. The van der Waals surface area contributed by atoms with E-state index >= 15 is 0 Å². The second kappa shape index (κ2) is 5.96. The van der Waals surface area contributed by atoms with Crippen LogP contribution >= 0.6 is 11.6 Å². The Morgan fingerprint density at radius 2 is 2.19 bits per heavy atom. The number of nitrogens with one attached hydrogen (secondary N) is 1. The Balaban J connectivity index is 1.80. The van der Waals surface area contributed by atoms with Crippen molar-refractivity contribution >= 4 is 11.6 Å². The highest BCUT2D eigenvalue weighted by atomic mass is 35.5. The lowest BCUT2D eigenvalue weighted by atomic mass is 10.0. The standard InChI is InChI=1S/C17H18ClNO2/c1-2-15(11-4-3-5-12(18)8-11)19-16-10-21-17-9-13(20)6-7-14(16)17/h3-9,15-16,19-20H,2,10H2,1H3. The summed E-state index contributed by atoms with van der Waals surface area (Å²) in [5, 5.41) is 13.9. The summed E-state index contributed by atoms with van der Waals surface area (Å²) in [5.74, 6) is 0.990. The zero-order valence-corrected chi connectivity index (χ0v) is 12.6. The molecule has 2 unspecified atom stereocenters. The Morgan fingerprint density at radius 3 is 2.95 bits per heavy atom. The molecule has 0 aliphatic carbocycles. The molecule has 21 heavy (non-hydrogen) atoms. The van der Waals surface area contributed by atoms with Gasteiger partial charge in [-0.15, -0.1) is 0 Å². The highest BCUT2D eigenvalue weighted by molar-refractivity contribution is 6.30. The fourth-order valence-electron chi connectivity index (χ4n) is 2.75. The van der Waals surface area contributed by atoms with E-state index in [2.05, 4.69) is 18.3 Å². The van der Waals surface area contributed by atoms with E-state index in [0.29, 0.717) is 6.61 Å². The zero-order valence-electron chi connectivity index (χ0n) is 11.8. The van der Waals surface area contributed by atoms with Crippen LogP contribution in [0.25, 0.3) is 0 Å².